The minimum atomic E-state index is 0.455. The Balaban J connectivity index is 2.63. The number of hydrogen-bond acceptors (Lipinski definition) is 5. The van der Waals surface area contributed by atoms with Gasteiger partial charge in [0.2, 0.25) is 0 Å². The monoisotopic (exact) mass is 227 g/mol. The summed E-state index contributed by atoms with van der Waals surface area (Å²) in [6, 6.07) is 5.51. The van der Waals surface area contributed by atoms with Crippen LogP contribution in [0.2, 0.25) is 0 Å². The van der Waals surface area contributed by atoms with Crippen LogP contribution < -0.4 is 15.0 Å². The van der Waals surface area contributed by atoms with Gasteiger partial charge < -0.3 is 14.2 Å². The van der Waals surface area contributed by atoms with Crippen molar-refractivity contribution in [1.82, 2.24) is 0 Å². The highest BCUT2D eigenvalue weighted by atomic mass is 16.7. The lowest BCUT2D eigenvalue weighted by atomic mass is 10.3. The van der Waals surface area contributed by atoms with Gasteiger partial charge in [-0.3, -0.25) is 10.3 Å². The van der Waals surface area contributed by atoms with E-state index in [1.54, 1.807) is 21.3 Å². The van der Waals surface area contributed by atoms with Gasteiger partial charge in [-0.1, -0.05) is 6.07 Å². The van der Waals surface area contributed by atoms with Crippen LogP contribution in [0.1, 0.15) is 0 Å². The molecule has 0 aromatic heterocycles. The van der Waals surface area contributed by atoms with Gasteiger partial charge in [-0.05, 0) is 12.1 Å². The highest BCUT2D eigenvalue weighted by Gasteiger charge is 2.08. The zero-order chi connectivity index (χ0) is 11.8. The smallest absolute Gasteiger partial charge is 0.186 e. The first-order valence-electron chi connectivity index (χ1n) is 4.91. The van der Waals surface area contributed by atoms with Crippen molar-refractivity contribution in [3.05, 3.63) is 18.2 Å². The lowest BCUT2D eigenvalue weighted by Gasteiger charge is -2.13. The zero-order valence-corrected chi connectivity index (χ0v) is 9.78. The number of methoxy groups -OCH3 is 3. The molecule has 0 fully saturated rings. The number of nitrogens with one attached hydrogen (secondary N) is 1. The fourth-order valence-corrected chi connectivity index (χ4v) is 1.22. The minimum absolute atomic E-state index is 0.455. The first kappa shape index (κ1) is 12.6. The van der Waals surface area contributed by atoms with Gasteiger partial charge in [0.05, 0.1) is 27.4 Å². The second kappa shape index (κ2) is 6.92. The molecule has 0 unspecified atom stereocenters. The fraction of sp³-hybridized carbons (Fsp3) is 0.455. The van der Waals surface area contributed by atoms with E-state index >= 15 is 0 Å². The van der Waals surface area contributed by atoms with Crippen LogP contribution in [-0.4, -0.2) is 34.5 Å². The van der Waals surface area contributed by atoms with E-state index in [-0.39, 0.29) is 0 Å². The predicted molar refractivity (Wildman–Crippen MR) is 61.0 cm³/mol. The van der Waals surface area contributed by atoms with E-state index in [1.807, 2.05) is 18.2 Å². The standard InChI is InChI=1S/C11H17NO4/c1-13-7-8-16-12-9-5-4-6-10(14-2)11(9)15-3/h4-6,12H,7-8H2,1-3H3. The summed E-state index contributed by atoms with van der Waals surface area (Å²) in [6.45, 7) is 0.982. The molecule has 0 aliphatic heterocycles. The van der Waals surface area contributed by atoms with E-state index in [9.17, 15) is 0 Å². The molecule has 1 N–H and O–H groups in total. The second-order valence-electron chi connectivity index (χ2n) is 2.98. The molecule has 1 aromatic rings. The Bertz CT molecular complexity index is 317. The molecule has 0 saturated heterocycles. The molecule has 0 bridgehead atoms. The number of anilines is 1. The van der Waals surface area contributed by atoms with Crippen LogP contribution in [0.5, 0.6) is 11.5 Å². The Morgan fingerprint density at radius 1 is 1.06 bits per heavy atom. The number of para-hydroxylation sites is 1. The highest BCUT2D eigenvalue weighted by Crippen LogP contribution is 2.34. The van der Waals surface area contributed by atoms with Crippen LogP contribution >= 0.6 is 0 Å². The molecule has 0 heterocycles. The molecule has 16 heavy (non-hydrogen) atoms. The van der Waals surface area contributed by atoms with Crippen molar-refractivity contribution in [3.8, 4) is 11.5 Å². The van der Waals surface area contributed by atoms with Crippen molar-refractivity contribution in [3.63, 3.8) is 0 Å². The van der Waals surface area contributed by atoms with Crippen LogP contribution in [0.3, 0.4) is 0 Å². The highest BCUT2D eigenvalue weighted by molar-refractivity contribution is 5.62. The van der Waals surface area contributed by atoms with Crippen molar-refractivity contribution < 1.29 is 19.0 Å². The molecule has 0 aliphatic carbocycles. The summed E-state index contributed by atoms with van der Waals surface area (Å²) < 4.78 is 15.2. The Morgan fingerprint density at radius 3 is 2.50 bits per heavy atom. The first-order chi connectivity index (χ1) is 7.83. The van der Waals surface area contributed by atoms with Gasteiger partial charge in [0, 0.05) is 7.11 Å². The molecular weight excluding hydrogens is 210 g/mol. The van der Waals surface area contributed by atoms with Gasteiger partial charge in [0.25, 0.3) is 0 Å². The molecule has 1 aromatic carbocycles. The quantitative estimate of drug-likeness (QED) is 0.567. The summed E-state index contributed by atoms with van der Waals surface area (Å²) in [5.74, 6) is 1.27. The summed E-state index contributed by atoms with van der Waals surface area (Å²) in [7, 11) is 4.79. The predicted octanol–water partition coefficient (Wildman–Crippen LogP) is 1.69. The van der Waals surface area contributed by atoms with Gasteiger partial charge in [-0.25, -0.2) is 0 Å². The molecule has 0 radical (unpaired) electrons. The van der Waals surface area contributed by atoms with Crippen molar-refractivity contribution in [2.24, 2.45) is 0 Å². The van der Waals surface area contributed by atoms with E-state index in [0.29, 0.717) is 24.7 Å². The molecule has 0 saturated carbocycles. The Kier molecular flexibility index (Phi) is 5.45. The van der Waals surface area contributed by atoms with E-state index in [2.05, 4.69) is 5.48 Å². The van der Waals surface area contributed by atoms with E-state index in [4.69, 9.17) is 19.0 Å². The van der Waals surface area contributed by atoms with Crippen LogP contribution in [-0.2, 0) is 9.57 Å². The largest absolute Gasteiger partial charge is 0.493 e. The van der Waals surface area contributed by atoms with Crippen molar-refractivity contribution in [2.45, 2.75) is 0 Å². The van der Waals surface area contributed by atoms with Gasteiger partial charge in [0.15, 0.2) is 11.5 Å². The van der Waals surface area contributed by atoms with Crippen molar-refractivity contribution in [2.75, 3.05) is 40.0 Å². The summed E-state index contributed by atoms with van der Waals surface area (Å²) in [5.41, 5.74) is 3.51. The molecule has 0 spiro atoms. The van der Waals surface area contributed by atoms with E-state index in [1.165, 1.54) is 0 Å². The van der Waals surface area contributed by atoms with Crippen LogP contribution in [0, 0.1) is 0 Å². The number of benzene rings is 1. The third kappa shape index (κ3) is 3.29. The lowest BCUT2D eigenvalue weighted by molar-refractivity contribution is 0.100. The summed E-state index contributed by atoms with van der Waals surface area (Å²) in [6.07, 6.45) is 0. The Morgan fingerprint density at radius 2 is 1.88 bits per heavy atom. The van der Waals surface area contributed by atoms with Gasteiger partial charge in [-0.15, -0.1) is 0 Å². The summed E-state index contributed by atoms with van der Waals surface area (Å²) in [4.78, 5) is 5.19. The fourth-order valence-electron chi connectivity index (χ4n) is 1.22. The molecule has 5 nitrogen and oxygen atoms in total. The van der Waals surface area contributed by atoms with Crippen LogP contribution in [0.15, 0.2) is 18.2 Å². The number of ether oxygens (including phenoxy) is 3. The maximum atomic E-state index is 5.23. The zero-order valence-electron chi connectivity index (χ0n) is 9.78. The van der Waals surface area contributed by atoms with Crippen LogP contribution in [0.25, 0.3) is 0 Å². The average Bonchev–Trinajstić information content (AvgIpc) is 2.34. The Labute approximate surface area is 95.2 Å². The van der Waals surface area contributed by atoms with Gasteiger partial charge in [-0.2, -0.15) is 0 Å². The molecule has 1 rings (SSSR count). The molecule has 0 aliphatic rings. The maximum absolute atomic E-state index is 5.23. The van der Waals surface area contributed by atoms with Gasteiger partial charge in [0.1, 0.15) is 5.69 Å². The third-order valence-electron chi connectivity index (χ3n) is 1.97. The second-order valence-corrected chi connectivity index (χ2v) is 2.98. The summed E-state index contributed by atoms with van der Waals surface area (Å²) in [5, 5.41) is 0. The molecule has 0 amide bonds. The van der Waals surface area contributed by atoms with E-state index < -0.39 is 0 Å². The Hall–Kier alpha value is -1.46. The number of hydrogen-bond donors (Lipinski definition) is 1. The third-order valence-corrected chi connectivity index (χ3v) is 1.97. The van der Waals surface area contributed by atoms with Crippen molar-refractivity contribution >= 4 is 5.69 Å². The summed E-state index contributed by atoms with van der Waals surface area (Å²) >= 11 is 0. The van der Waals surface area contributed by atoms with Gasteiger partial charge >= 0.3 is 0 Å². The van der Waals surface area contributed by atoms with Crippen LogP contribution in [0.4, 0.5) is 5.69 Å². The molecule has 0 atom stereocenters. The number of rotatable bonds is 7. The first-order valence-corrected chi connectivity index (χ1v) is 4.91. The average molecular weight is 227 g/mol. The topological polar surface area (TPSA) is 49.0 Å². The molecule has 90 valence electrons. The SMILES string of the molecule is COCCONc1cccc(OC)c1OC. The maximum Gasteiger partial charge on any atom is 0.186 e. The molecular formula is C11H17NO4. The lowest BCUT2D eigenvalue weighted by Crippen LogP contribution is -2.08. The minimum Gasteiger partial charge on any atom is -0.493 e. The normalized spacial score (nSPS) is 9.94. The van der Waals surface area contributed by atoms with Crippen molar-refractivity contribution in [1.29, 1.82) is 0 Å². The molecule has 5 heteroatoms. The van der Waals surface area contributed by atoms with E-state index in [0.717, 1.165) is 5.69 Å².